The van der Waals surface area contributed by atoms with Gasteiger partial charge in [0.15, 0.2) is 12.2 Å². The first kappa shape index (κ1) is 98.7. The molecule has 592 valence electrons. The van der Waals surface area contributed by atoms with Crippen LogP contribution < -0.4 is 0 Å². The van der Waals surface area contributed by atoms with Gasteiger partial charge in [-0.3, -0.25) is 37.3 Å². The van der Waals surface area contributed by atoms with E-state index in [1.165, 1.54) is 64.2 Å². The van der Waals surface area contributed by atoms with E-state index >= 15 is 0 Å². The molecule has 0 spiro atoms. The fraction of sp³-hybridized carbons (Fsp3) is 0.647. The van der Waals surface area contributed by atoms with Gasteiger partial charge in [-0.25, -0.2) is 9.13 Å². The third kappa shape index (κ3) is 74.9. The molecule has 5 unspecified atom stereocenters. The Balaban J connectivity index is 5.47. The molecule has 17 nitrogen and oxygen atoms in total. The molecule has 0 aromatic carbocycles. The fourth-order valence-corrected chi connectivity index (χ4v) is 11.7. The lowest BCUT2D eigenvalue weighted by molar-refractivity contribution is -0.161. The molecule has 0 rings (SSSR count). The first-order valence-electron chi connectivity index (χ1n) is 39.7. The van der Waals surface area contributed by atoms with Crippen LogP contribution in [-0.4, -0.2) is 96.7 Å². The smallest absolute Gasteiger partial charge is 0.462 e. The molecule has 0 aliphatic heterocycles. The molecule has 0 heterocycles. The Morgan fingerprint density at radius 1 is 0.288 bits per heavy atom. The molecule has 104 heavy (non-hydrogen) atoms. The van der Waals surface area contributed by atoms with Crippen molar-refractivity contribution in [2.75, 3.05) is 39.6 Å². The molecule has 0 radical (unpaired) electrons. The predicted molar refractivity (Wildman–Crippen MR) is 427 cm³/mol. The molecule has 3 N–H and O–H groups in total. The largest absolute Gasteiger partial charge is 0.472 e. The van der Waals surface area contributed by atoms with Gasteiger partial charge in [0.1, 0.15) is 19.3 Å². The van der Waals surface area contributed by atoms with Crippen molar-refractivity contribution in [1.82, 2.24) is 0 Å². The minimum atomic E-state index is -5.02. The lowest BCUT2D eigenvalue weighted by atomic mass is 10.0. The van der Waals surface area contributed by atoms with E-state index in [0.29, 0.717) is 25.7 Å². The summed E-state index contributed by atoms with van der Waals surface area (Å²) >= 11 is 0. The van der Waals surface area contributed by atoms with Crippen molar-refractivity contribution in [3.8, 4) is 0 Å². The van der Waals surface area contributed by atoms with E-state index in [0.717, 1.165) is 154 Å². The average Bonchev–Trinajstić information content (AvgIpc) is 0.918. The highest BCUT2D eigenvalue weighted by atomic mass is 31.2. The molecule has 0 aromatic heterocycles. The number of phosphoric ester groups is 2. The van der Waals surface area contributed by atoms with Gasteiger partial charge in [0, 0.05) is 19.3 Å². The number of allylic oxidation sites excluding steroid dienone is 25. The van der Waals surface area contributed by atoms with E-state index in [4.69, 9.17) is 37.0 Å². The molecular formula is C85H140O17P2. The van der Waals surface area contributed by atoms with Gasteiger partial charge in [0.05, 0.1) is 32.8 Å². The SMILES string of the molecule is CC/C=C\C/C=C\C/C=C\C/C=C\C/C=C\CCCCCC(=O)OCC(COP(=O)(O)OCC(O)COP(=O)(O)OCC(COC(=O)CCCCCCC/C=C\C/C=C\C/C=C\CC)OC(=O)CCCCCCCCCCCCCCCCC)OC(=O)C/C=C\C/C=C\C/C=C\C/C=C\C/C=C\CC. The summed E-state index contributed by atoms with van der Waals surface area (Å²) in [7, 11) is -10.0. The highest BCUT2D eigenvalue weighted by Crippen LogP contribution is 2.45. The molecule has 0 aromatic rings. The lowest BCUT2D eigenvalue weighted by Gasteiger charge is -2.21. The Hall–Kier alpha value is -5.32. The standard InChI is InChI=1S/C85H140O17P2/c1-5-9-13-17-21-25-29-33-37-38-39-40-44-46-50-54-58-62-66-70-83(88)96-76-81(102-85(90)72-68-64-60-56-52-48-43-36-32-28-24-20-16-12-8-4)78-100-104(93,94)98-74-79(86)73-97-103(91,92)99-77-80(101-84(89)71-67-63-59-55-51-47-42-35-31-27-23-19-15-11-7-3)75-95-82(87)69-65-61-57-53-49-45-41-34-30-26-22-18-14-10-6-2/h9-10,12-14,16,21-22,24-26,28,33-34,36-37,39-41,43,46,50,52,56,64,68,79-81,86H,5-8,11,15,17-20,23,27,29-32,35,38,42,44-45,47-49,51,53-55,57-63,65-67,69-78H2,1-4H3,(H,91,92)(H,93,94)/b13-9-,14-10-,16-12-,25-21-,26-22-,28-24-,37-33-,40-39-,41-34-,43-36-,50-46-,56-52-,68-64-. The van der Waals surface area contributed by atoms with Crippen LogP contribution in [0.3, 0.4) is 0 Å². The molecule has 0 aliphatic rings. The van der Waals surface area contributed by atoms with Crippen molar-refractivity contribution in [3.05, 3.63) is 158 Å². The van der Waals surface area contributed by atoms with Gasteiger partial charge in [-0.2, -0.15) is 0 Å². The van der Waals surface area contributed by atoms with Gasteiger partial charge >= 0.3 is 39.5 Å². The van der Waals surface area contributed by atoms with Gasteiger partial charge in [-0.1, -0.05) is 301 Å². The first-order chi connectivity index (χ1) is 50.7. The second-order valence-corrected chi connectivity index (χ2v) is 28.8. The Morgan fingerprint density at radius 2 is 0.538 bits per heavy atom. The Kier molecular flexibility index (Phi) is 72.0. The third-order valence-electron chi connectivity index (χ3n) is 16.0. The van der Waals surface area contributed by atoms with Crippen LogP contribution in [0.5, 0.6) is 0 Å². The zero-order valence-electron chi connectivity index (χ0n) is 64.6. The second-order valence-electron chi connectivity index (χ2n) is 25.9. The number of carbonyl (C=O) groups excluding carboxylic acids is 4. The molecule has 0 bridgehead atoms. The maximum absolute atomic E-state index is 13.1. The van der Waals surface area contributed by atoms with Crippen molar-refractivity contribution < 1.29 is 80.2 Å². The Morgan fingerprint density at radius 3 is 0.865 bits per heavy atom. The number of esters is 4. The van der Waals surface area contributed by atoms with Crippen LogP contribution in [0, 0.1) is 0 Å². The number of aliphatic hydroxyl groups is 1. The van der Waals surface area contributed by atoms with Crippen LogP contribution in [0.15, 0.2) is 158 Å². The van der Waals surface area contributed by atoms with Gasteiger partial charge in [0.2, 0.25) is 0 Å². The summed E-state index contributed by atoms with van der Waals surface area (Å²) in [6.07, 6.45) is 88.3. The molecule has 0 aliphatic carbocycles. The summed E-state index contributed by atoms with van der Waals surface area (Å²) in [6, 6.07) is 0. The van der Waals surface area contributed by atoms with Crippen LogP contribution in [0.1, 0.15) is 297 Å². The van der Waals surface area contributed by atoms with E-state index in [2.05, 4.69) is 161 Å². The lowest BCUT2D eigenvalue weighted by Crippen LogP contribution is -2.30. The number of carbonyl (C=O) groups is 4. The van der Waals surface area contributed by atoms with E-state index in [1.54, 1.807) is 12.2 Å². The number of hydrogen-bond acceptors (Lipinski definition) is 15. The maximum atomic E-state index is 13.1. The summed E-state index contributed by atoms with van der Waals surface area (Å²) in [5, 5.41) is 10.6. The van der Waals surface area contributed by atoms with Crippen LogP contribution in [0.4, 0.5) is 0 Å². The second kappa shape index (κ2) is 75.9. The van der Waals surface area contributed by atoms with Gasteiger partial charge < -0.3 is 33.8 Å². The van der Waals surface area contributed by atoms with Crippen molar-refractivity contribution in [2.24, 2.45) is 0 Å². The van der Waals surface area contributed by atoms with Crippen LogP contribution in [-0.2, 0) is 65.4 Å². The number of ether oxygens (including phenoxy) is 4. The molecule has 19 heteroatoms. The summed E-state index contributed by atoms with van der Waals surface area (Å²) in [6.45, 7) is 4.37. The summed E-state index contributed by atoms with van der Waals surface area (Å²) in [5.41, 5.74) is 0. The number of rotatable bonds is 73. The minimum Gasteiger partial charge on any atom is -0.462 e. The van der Waals surface area contributed by atoms with Crippen molar-refractivity contribution >= 4 is 39.5 Å². The summed E-state index contributed by atoms with van der Waals surface area (Å²) in [5.74, 6) is -2.38. The van der Waals surface area contributed by atoms with Gasteiger partial charge in [-0.15, -0.1) is 0 Å². The maximum Gasteiger partial charge on any atom is 0.472 e. The zero-order valence-corrected chi connectivity index (χ0v) is 66.4. The fourth-order valence-electron chi connectivity index (χ4n) is 10.1. The summed E-state index contributed by atoms with van der Waals surface area (Å²) < 4.78 is 68.4. The number of hydrogen-bond donors (Lipinski definition) is 3. The molecule has 0 saturated carbocycles. The molecule has 5 atom stereocenters. The quantitative estimate of drug-likeness (QED) is 0.0169. The Bertz CT molecular complexity index is 2590. The van der Waals surface area contributed by atoms with Gasteiger partial charge in [-0.05, 0) is 128 Å². The molecular weight excluding hydrogens is 1350 g/mol. The van der Waals surface area contributed by atoms with Crippen molar-refractivity contribution in [3.63, 3.8) is 0 Å². The van der Waals surface area contributed by atoms with E-state index in [9.17, 15) is 43.2 Å². The normalized spacial score (nSPS) is 14.7. The highest BCUT2D eigenvalue weighted by Gasteiger charge is 2.30. The molecule has 0 amide bonds. The van der Waals surface area contributed by atoms with Crippen LogP contribution in [0.25, 0.3) is 0 Å². The average molecular weight is 1500 g/mol. The zero-order chi connectivity index (χ0) is 76.0. The predicted octanol–water partition coefficient (Wildman–Crippen LogP) is 23.2. The van der Waals surface area contributed by atoms with Crippen molar-refractivity contribution in [1.29, 1.82) is 0 Å². The van der Waals surface area contributed by atoms with E-state index < -0.39 is 97.5 Å². The minimum absolute atomic E-state index is 0.0871. The topological polar surface area (TPSA) is 237 Å². The molecule has 0 fully saturated rings. The van der Waals surface area contributed by atoms with E-state index in [1.807, 2.05) is 12.2 Å². The number of aliphatic hydroxyl groups excluding tert-OH is 1. The van der Waals surface area contributed by atoms with Crippen LogP contribution in [0.2, 0.25) is 0 Å². The third-order valence-corrected chi connectivity index (χ3v) is 17.9. The van der Waals surface area contributed by atoms with Gasteiger partial charge in [0.25, 0.3) is 0 Å². The molecule has 0 saturated heterocycles. The number of unbranched alkanes of at least 4 members (excludes halogenated alkanes) is 22. The van der Waals surface area contributed by atoms with Crippen LogP contribution >= 0.6 is 15.6 Å². The summed E-state index contributed by atoms with van der Waals surface area (Å²) in [4.78, 5) is 72.9. The van der Waals surface area contributed by atoms with Crippen molar-refractivity contribution in [2.45, 2.75) is 316 Å². The highest BCUT2D eigenvalue weighted by molar-refractivity contribution is 7.47. The Labute approximate surface area is 629 Å². The first-order valence-corrected chi connectivity index (χ1v) is 42.7. The monoisotopic (exact) mass is 1490 g/mol. The van der Waals surface area contributed by atoms with E-state index in [-0.39, 0.29) is 25.7 Å². The number of phosphoric acid groups is 2.